The van der Waals surface area contributed by atoms with Crippen molar-refractivity contribution in [3.63, 3.8) is 0 Å². The summed E-state index contributed by atoms with van der Waals surface area (Å²) in [7, 11) is -4.04. The molecule has 0 aromatic heterocycles. The summed E-state index contributed by atoms with van der Waals surface area (Å²) in [5.41, 5.74) is -1.01. The molecule has 0 radical (unpaired) electrons. The molecule has 26 heavy (non-hydrogen) atoms. The third kappa shape index (κ3) is 4.47. The number of rotatable bonds is 3. The van der Waals surface area contributed by atoms with Crippen LogP contribution in [0.25, 0.3) is 0 Å². The van der Waals surface area contributed by atoms with Crippen molar-refractivity contribution in [3.8, 4) is 0 Å². The van der Waals surface area contributed by atoms with Crippen molar-refractivity contribution in [2.75, 3.05) is 19.6 Å². The average Bonchev–Trinajstić information content (AvgIpc) is 3.08. The molecule has 4 nitrogen and oxygen atoms in total. The summed E-state index contributed by atoms with van der Waals surface area (Å²) in [5.74, 6) is 0.408. The summed E-state index contributed by atoms with van der Waals surface area (Å²) in [4.78, 5) is -0.471. The van der Waals surface area contributed by atoms with Crippen LogP contribution in [-0.2, 0) is 16.2 Å². The van der Waals surface area contributed by atoms with Gasteiger partial charge in [0.15, 0.2) is 0 Å². The fourth-order valence-corrected chi connectivity index (χ4v) is 5.62. The number of hydrogen-bond donors (Lipinski definition) is 1. The molecule has 2 fully saturated rings. The third-order valence-electron chi connectivity index (χ3n) is 5.04. The number of halogens is 5. The van der Waals surface area contributed by atoms with Crippen molar-refractivity contribution in [2.45, 2.75) is 42.8 Å². The second-order valence-electron chi connectivity index (χ2n) is 6.59. The Kier molecular flexibility index (Phi) is 6.88. The zero-order chi connectivity index (χ0) is 18.2. The monoisotopic (exact) mass is 432 g/mol. The molecule has 1 unspecified atom stereocenters. The van der Waals surface area contributed by atoms with Gasteiger partial charge >= 0.3 is 6.18 Å². The van der Waals surface area contributed by atoms with Crippen LogP contribution in [0.5, 0.6) is 0 Å². The minimum atomic E-state index is -4.62. The van der Waals surface area contributed by atoms with Crippen molar-refractivity contribution in [2.24, 2.45) is 5.92 Å². The van der Waals surface area contributed by atoms with E-state index in [1.165, 1.54) is 4.31 Å². The zero-order valence-corrected chi connectivity index (χ0v) is 16.3. The van der Waals surface area contributed by atoms with Gasteiger partial charge < -0.3 is 5.32 Å². The Morgan fingerprint density at radius 2 is 1.81 bits per heavy atom. The van der Waals surface area contributed by atoms with Crippen molar-refractivity contribution in [3.05, 3.63) is 28.8 Å². The maximum Gasteiger partial charge on any atom is 0.416 e. The summed E-state index contributed by atoms with van der Waals surface area (Å²) in [6.45, 7) is 1.60. The van der Waals surface area contributed by atoms with Gasteiger partial charge in [0.25, 0.3) is 0 Å². The number of sulfonamides is 1. The summed E-state index contributed by atoms with van der Waals surface area (Å²) in [6, 6.07) is 2.83. The summed E-state index contributed by atoms with van der Waals surface area (Å²) in [5, 5.41) is 3.24. The SMILES string of the molecule is Cl.O=S(=O)(c1cc(C(F)(F)F)ccc1Cl)N1CCC(C2CCCN2)CC1. The molecular weight excluding hydrogens is 412 g/mol. The van der Waals surface area contributed by atoms with Crippen molar-refractivity contribution in [1.29, 1.82) is 0 Å². The fourth-order valence-electron chi connectivity index (χ4n) is 3.65. The van der Waals surface area contributed by atoms with Gasteiger partial charge in [-0.1, -0.05) is 11.6 Å². The first kappa shape index (κ1) is 21.8. The van der Waals surface area contributed by atoms with E-state index in [9.17, 15) is 21.6 Å². The van der Waals surface area contributed by atoms with Gasteiger partial charge in [0, 0.05) is 19.1 Å². The van der Waals surface area contributed by atoms with E-state index in [0.717, 1.165) is 31.5 Å². The average molecular weight is 433 g/mol. The lowest BCUT2D eigenvalue weighted by Gasteiger charge is -2.34. The number of piperidine rings is 1. The van der Waals surface area contributed by atoms with E-state index in [4.69, 9.17) is 11.6 Å². The number of benzene rings is 1. The molecule has 0 bridgehead atoms. The van der Waals surface area contributed by atoms with Crippen LogP contribution in [0.15, 0.2) is 23.1 Å². The predicted octanol–water partition coefficient (Wildman–Crippen LogP) is 3.93. The molecule has 2 saturated heterocycles. The minimum absolute atomic E-state index is 0. The Balaban J connectivity index is 0.00000243. The molecular formula is C16H21Cl2F3N2O2S. The van der Waals surface area contributed by atoms with Crippen LogP contribution >= 0.6 is 24.0 Å². The van der Waals surface area contributed by atoms with Crippen LogP contribution in [0.2, 0.25) is 5.02 Å². The maximum atomic E-state index is 12.9. The van der Waals surface area contributed by atoms with Crippen LogP contribution in [0.1, 0.15) is 31.2 Å². The Bertz CT molecular complexity index is 730. The van der Waals surface area contributed by atoms with Gasteiger partial charge in [-0.15, -0.1) is 12.4 Å². The Labute approximate surface area is 162 Å². The largest absolute Gasteiger partial charge is 0.416 e. The maximum absolute atomic E-state index is 12.9. The molecule has 2 heterocycles. The molecule has 0 saturated carbocycles. The lowest BCUT2D eigenvalue weighted by molar-refractivity contribution is -0.137. The Morgan fingerprint density at radius 3 is 2.35 bits per heavy atom. The van der Waals surface area contributed by atoms with Crippen LogP contribution in [0.3, 0.4) is 0 Å². The highest BCUT2D eigenvalue weighted by Crippen LogP contribution is 2.35. The van der Waals surface area contributed by atoms with Crippen LogP contribution < -0.4 is 5.32 Å². The molecule has 2 aliphatic rings. The van der Waals surface area contributed by atoms with E-state index < -0.39 is 26.7 Å². The first-order valence-electron chi connectivity index (χ1n) is 8.30. The van der Waals surface area contributed by atoms with E-state index in [2.05, 4.69) is 5.32 Å². The number of hydrogen-bond acceptors (Lipinski definition) is 3. The smallest absolute Gasteiger partial charge is 0.314 e. The van der Waals surface area contributed by atoms with Crippen molar-refractivity contribution < 1.29 is 21.6 Å². The lowest BCUT2D eigenvalue weighted by atomic mass is 9.89. The quantitative estimate of drug-likeness (QED) is 0.786. The number of nitrogens with one attached hydrogen (secondary N) is 1. The molecule has 3 rings (SSSR count). The van der Waals surface area contributed by atoms with E-state index in [1.807, 2.05) is 0 Å². The van der Waals surface area contributed by atoms with E-state index >= 15 is 0 Å². The molecule has 1 N–H and O–H groups in total. The van der Waals surface area contributed by atoms with Gasteiger partial charge in [-0.25, -0.2) is 8.42 Å². The topological polar surface area (TPSA) is 49.4 Å². The first-order chi connectivity index (χ1) is 11.7. The number of alkyl halides is 3. The van der Waals surface area contributed by atoms with Gasteiger partial charge in [-0.2, -0.15) is 17.5 Å². The highest BCUT2D eigenvalue weighted by molar-refractivity contribution is 7.89. The van der Waals surface area contributed by atoms with Crippen molar-refractivity contribution >= 4 is 34.0 Å². The molecule has 0 amide bonds. The second kappa shape index (κ2) is 8.22. The molecule has 148 valence electrons. The highest BCUT2D eigenvalue weighted by atomic mass is 35.5. The summed E-state index contributed by atoms with van der Waals surface area (Å²) >= 11 is 5.90. The number of nitrogens with zero attached hydrogens (tertiary/aromatic N) is 1. The van der Waals surface area contributed by atoms with Crippen molar-refractivity contribution in [1.82, 2.24) is 9.62 Å². The third-order valence-corrected chi connectivity index (χ3v) is 7.42. The predicted molar refractivity (Wildman–Crippen MR) is 96.2 cm³/mol. The van der Waals surface area contributed by atoms with Gasteiger partial charge in [-0.3, -0.25) is 0 Å². The summed E-state index contributed by atoms with van der Waals surface area (Å²) < 4.78 is 65.5. The molecule has 0 aliphatic carbocycles. The van der Waals surface area contributed by atoms with Crippen LogP contribution in [0, 0.1) is 5.92 Å². The Morgan fingerprint density at radius 1 is 1.15 bits per heavy atom. The zero-order valence-electron chi connectivity index (χ0n) is 13.9. The van der Waals surface area contributed by atoms with Gasteiger partial charge in [-0.05, 0) is 56.3 Å². The van der Waals surface area contributed by atoms with Gasteiger partial charge in [0.05, 0.1) is 10.6 Å². The Hall–Kier alpha value is -0.540. The van der Waals surface area contributed by atoms with Gasteiger partial charge in [0.2, 0.25) is 10.0 Å². The summed E-state index contributed by atoms with van der Waals surface area (Å²) in [6.07, 6.45) is -0.989. The standard InChI is InChI=1S/C16H20ClF3N2O2S.ClH/c17-13-4-3-12(16(18,19)20)10-15(13)25(23,24)22-8-5-11(6-9-22)14-2-1-7-21-14;/h3-4,10-11,14,21H,1-2,5-9H2;1H. The van der Waals surface area contributed by atoms with E-state index in [-0.39, 0.29) is 17.4 Å². The fraction of sp³-hybridized carbons (Fsp3) is 0.625. The molecule has 1 aromatic carbocycles. The molecule has 0 spiro atoms. The molecule has 2 aliphatic heterocycles. The van der Waals surface area contributed by atoms with E-state index in [1.54, 1.807) is 0 Å². The van der Waals surface area contributed by atoms with Gasteiger partial charge in [0.1, 0.15) is 4.90 Å². The second-order valence-corrected chi connectivity index (χ2v) is 8.90. The molecule has 1 atom stereocenters. The minimum Gasteiger partial charge on any atom is -0.314 e. The normalized spacial score (nSPS) is 23.0. The lowest BCUT2D eigenvalue weighted by Crippen LogP contribution is -2.43. The van der Waals surface area contributed by atoms with Crippen LogP contribution in [0.4, 0.5) is 13.2 Å². The van der Waals surface area contributed by atoms with E-state index in [0.29, 0.717) is 44.0 Å². The van der Waals surface area contributed by atoms with Crippen LogP contribution in [-0.4, -0.2) is 38.4 Å². The molecule has 1 aromatic rings. The molecule has 10 heteroatoms. The highest BCUT2D eigenvalue weighted by Gasteiger charge is 2.37. The first-order valence-corrected chi connectivity index (χ1v) is 10.1.